The lowest BCUT2D eigenvalue weighted by Gasteiger charge is -2.15. The van der Waals surface area contributed by atoms with E-state index >= 15 is 0 Å². The van der Waals surface area contributed by atoms with E-state index < -0.39 is 11.9 Å². The molecule has 1 amide bonds. The molecule has 0 saturated heterocycles. The standard InChI is InChI=1S/C18H20F3N3O/c19-18(20,21)17-14-5-1-2-6-15(14)24(23-17)13-10-8-12(9-11-13)4-3-7-16(22)25/h8-11H,1-7H2,(H2,22,25). The number of halogens is 3. The number of aryl methyl sites for hydroxylation is 1. The summed E-state index contributed by atoms with van der Waals surface area (Å²) in [4.78, 5) is 10.8. The van der Waals surface area contributed by atoms with Gasteiger partial charge in [-0.2, -0.15) is 18.3 Å². The van der Waals surface area contributed by atoms with Crippen molar-refractivity contribution >= 4 is 5.91 Å². The molecule has 2 N–H and O–H groups in total. The van der Waals surface area contributed by atoms with Crippen LogP contribution in [0.5, 0.6) is 0 Å². The number of rotatable bonds is 5. The second kappa shape index (κ2) is 6.90. The van der Waals surface area contributed by atoms with Crippen LogP contribution >= 0.6 is 0 Å². The zero-order chi connectivity index (χ0) is 18.0. The summed E-state index contributed by atoms with van der Waals surface area (Å²) in [5.41, 5.74) is 7.01. The minimum Gasteiger partial charge on any atom is -0.370 e. The van der Waals surface area contributed by atoms with Crippen LogP contribution in [0.15, 0.2) is 24.3 Å². The van der Waals surface area contributed by atoms with Crippen molar-refractivity contribution in [1.82, 2.24) is 9.78 Å². The Labute approximate surface area is 143 Å². The van der Waals surface area contributed by atoms with Gasteiger partial charge in [-0.3, -0.25) is 4.79 Å². The molecule has 134 valence electrons. The Morgan fingerprint density at radius 2 is 1.84 bits per heavy atom. The summed E-state index contributed by atoms with van der Waals surface area (Å²) in [7, 11) is 0. The van der Waals surface area contributed by atoms with E-state index in [9.17, 15) is 18.0 Å². The molecule has 0 atom stereocenters. The molecule has 25 heavy (non-hydrogen) atoms. The number of amides is 1. The molecule has 1 heterocycles. The van der Waals surface area contributed by atoms with E-state index in [4.69, 9.17) is 5.73 Å². The molecule has 3 rings (SSSR count). The molecule has 0 spiro atoms. The van der Waals surface area contributed by atoms with Crippen molar-refractivity contribution in [2.75, 3.05) is 0 Å². The molecule has 0 fully saturated rings. The van der Waals surface area contributed by atoms with Crippen LogP contribution in [-0.2, 0) is 30.2 Å². The molecule has 2 aromatic rings. The number of fused-ring (bicyclic) bond motifs is 1. The van der Waals surface area contributed by atoms with Crippen molar-refractivity contribution in [1.29, 1.82) is 0 Å². The molecule has 7 heteroatoms. The average Bonchev–Trinajstić information content (AvgIpc) is 2.95. The van der Waals surface area contributed by atoms with Crippen molar-refractivity contribution in [3.63, 3.8) is 0 Å². The largest absolute Gasteiger partial charge is 0.435 e. The highest BCUT2D eigenvalue weighted by molar-refractivity contribution is 5.73. The van der Waals surface area contributed by atoms with Gasteiger partial charge in [-0.1, -0.05) is 12.1 Å². The minimum atomic E-state index is -4.43. The Morgan fingerprint density at radius 1 is 1.16 bits per heavy atom. The maximum Gasteiger partial charge on any atom is 0.435 e. The fraction of sp³-hybridized carbons (Fsp3) is 0.444. The lowest BCUT2D eigenvalue weighted by Crippen LogP contribution is -2.11. The van der Waals surface area contributed by atoms with Crippen LogP contribution in [-0.4, -0.2) is 15.7 Å². The Bertz CT molecular complexity index is 763. The van der Waals surface area contributed by atoms with Gasteiger partial charge in [-0.05, 0) is 56.2 Å². The number of hydrogen-bond donors (Lipinski definition) is 1. The summed E-state index contributed by atoms with van der Waals surface area (Å²) >= 11 is 0. The summed E-state index contributed by atoms with van der Waals surface area (Å²) < 4.78 is 41.2. The monoisotopic (exact) mass is 351 g/mol. The maximum atomic E-state index is 13.3. The van der Waals surface area contributed by atoms with Gasteiger partial charge in [-0.25, -0.2) is 4.68 Å². The second-order valence-electron chi connectivity index (χ2n) is 6.38. The summed E-state index contributed by atoms with van der Waals surface area (Å²) in [6, 6.07) is 7.28. The first kappa shape index (κ1) is 17.5. The first-order valence-electron chi connectivity index (χ1n) is 8.42. The van der Waals surface area contributed by atoms with Crippen LogP contribution in [0, 0.1) is 0 Å². The van der Waals surface area contributed by atoms with Crippen LogP contribution in [0.4, 0.5) is 13.2 Å². The van der Waals surface area contributed by atoms with E-state index in [0.717, 1.165) is 18.4 Å². The van der Waals surface area contributed by atoms with Crippen LogP contribution in [0.3, 0.4) is 0 Å². The number of carbonyl (C=O) groups excluding carboxylic acids is 1. The smallest absolute Gasteiger partial charge is 0.370 e. The van der Waals surface area contributed by atoms with Crippen molar-refractivity contribution in [3.8, 4) is 5.69 Å². The average molecular weight is 351 g/mol. The van der Waals surface area contributed by atoms with E-state index in [1.807, 2.05) is 12.1 Å². The highest BCUT2D eigenvalue weighted by atomic mass is 19.4. The maximum absolute atomic E-state index is 13.3. The molecule has 0 radical (unpaired) electrons. The molecule has 0 saturated carbocycles. The lowest BCUT2D eigenvalue weighted by molar-refractivity contribution is -0.142. The molecule has 1 aliphatic carbocycles. The summed E-state index contributed by atoms with van der Waals surface area (Å²) in [6.07, 6.45) is -0.0705. The molecule has 1 aromatic heterocycles. The third-order valence-electron chi connectivity index (χ3n) is 4.52. The molecule has 0 bridgehead atoms. The second-order valence-corrected chi connectivity index (χ2v) is 6.38. The van der Waals surface area contributed by atoms with E-state index in [1.54, 1.807) is 12.1 Å². The molecule has 0 unspecified atom stereocenters. The predicted molar refractivity (Wildman–Crippen MR) is 87.3 cm³/mol. The summed E-state index contributed by atoms with van der Waals surface area (Å²) in [6.45, 7) is 0. The van der Waals surface area contributed by atoms with E-state index in [2.05, 4.69) is 5.10 Å². The third kappa shape index (κ3) is 3.86. The van der Waals surface area contributed by atoms with Crippen LogP contribution in [0.25, 0.3) is 5.69 Å². The van der Waals surface area contributed by atoms with Gasteiger partial charge in [0.2, 0.25) is 5.91 Å². The highest BCUT2D eigenvalue weighted by Gasteiger charge is 2.39. The van der Waals surface area contributed by atoms with Gasteiger partial charge < -0.3 is 5.73 Å². The number of carbonyl (C=O) groups is 1. The molecule has 4 nitrogen and oxygen atoms in total. The number of hydrogen-bond acceptors (Lipinski definition) is 2. The summed E-state index contributed by atoms with van der Waals surface area (Å²) in [5.74, 6) is -0.334. The van der Waals surface area contributed by atoms with Gasteiger partial charge >= 0.3 is 6.18 Å². The number of aromatic nitrogens is 2. The zero-order valence-electron chi connectivity index (χ0n) is 13.8. The normalized spacial score (nSPS) is 14.4. The quantitative estimate of drug-likeness (QED) is 0.895. The van der Waals surface area contributed by atoms with E-state index in [1.165, 1.54) is 4.68 Å². The number of primary amides is 1. The van der Waals surface area contributed by atoms with Gasteiger partial charge in [0, 0.05) is 17.7 Å². The van der Waals surface area contributed by atoms with Gasteiger partial charge in [0.25, 0.3) is 0 Å². The number of benzene rings is 1. The Morgan fingerprint density at radius 3 is 2.48 bits per heavy atom. The van der Waals surface area contributed by atoms with Crippen LogP contribution < -0.4 is 5.73 Å². The van der Waals surface area contributed by atoms with Crippen molar-refractivity contribution in [2.24, 2.45) is 5.73 Å². The van der Waals surface area contributed by atoms with Crippen molar-refractivity contribution in [2.45, 2.75) is 51.1 Å². The SMILES string of the molecule is NC(=O)CCCc1ccc(-n2nc(C(F)(F)F)c3c2CCCC3)cc1. The number of nitrogens with two attached hydrogens (primary N) is 1. The highest BCUT2D eigenvalue weighted by Crippen LogP contribution is 2.36. The zero-order valence-corrected chi connectivity index (χ0v) is 13.8. The molecular weight excluding hydrogens is 331 g/mol. The van der Waals surface area contributed by atoms with Gasteiger partial charge in [-0.15, -0.1) is 0 Å². The first-order valence-corrected chi connectivity index (χ1v) is 8.42. The van der Waals surface area contributed by atoms with E-state index in [-0.39, 0.29) is 5.91 Å². The van der Waals surface area contributed by atoms with Crippen LogP contribution in [0.1, 0.15) is 48.2 Å². The number of alkyl halides is 3. The molecule has 1 aliphatic rings. The van der Waals surface area contributed by atoms with Gasteiger partial charge in [0.1, 0.15) is 0 Å². The van der Waals surface area contributed by atoms with Gasteiger partial charge in [0.15, 0.2) is 5.69 Å². The molecular formula is C18H20F3N3O. The van der Waals surface area contributed by atoms with Crippen LogP contribution in [0.2, 0.25) is 0 Å². The molecule has 0 aliphatic heterocycles. The van der Waals surface area contributed by atoms with Gasteiger partial charge in [0.05, 0.1) is 5.69 Å². The number of nitrogens with zero attached hydrogens (tertiary/aromatic N) is 2. The summed E-state index contributed by atoms with van der Waals surface area (Å²) in [5, 5.41) is 3.88. The minimum absolute atomic E-state index is 0.323. The third-order valence-corrected chi connectivity index (χ3v) is 4.52. The predicted octanol–water partition coefficient (Wildman–Crippen LogP) is 3.58. The van der Waals surface area contributed by atoms with E-state index in [0.29, 0.717) is 49.0 Å². The Hall–Kier alpha value is -2.31. The van der Waals surface area contributed by atoms with Crippen molar-refractivity contribution in [3.05, 3.63) is 46.8 Å². The topological polar surface area (TPSA) is 60.9 Å². The van der Waals surface area contributed by atoms with Crippen molar-refractivity contribution < 1.29 is 18.0 Å². The first-order chi connectivity index (χ1) is 11.9. The molecule has 1 aromatic carbocycles. The Balaban J connectivity index is 1.86. The Kier molecular flexibility index (Phi) is 4.83. The lowest BCUT2D eigenvalue weighted by atomic mass is 9.95. The fourth-order valence-corrected chi connectivity index (χ4v) is 3.31. The fourth-order valence-electron chi connectivity index (χ4n) is 3.31.